The van der Waals surface area contributed by atoms with Crippen molar-refractivity contribution in [2.75, 3.05) is 0 Å². The van der Waals surface area contributed by atoms with Crippen LogP contribution in [0.25, 0.3) is 0 Å². The second kappa shape index (κ2) is 5.28. The minimum absolute atomic E-state index is 0.0143. The predicted molar refractivity (Wildman–Crippen MR) is 68.8 cm³/mol. The number of H-pyrrole nitrogens is 1. The van der Waals surface area contributed by atoms with E-state index in [1.165, 1.54) is 24.4 Å². The van der Waals surface area contributed by atoms with Crippen LogP contribution in [0.5, 0.6) is 0 Å². The van der Waals surface area contributed by atoms with E-state index < -0.39 is 15.8 Å². The molecule has 2 rings (SSSR count). The van der Waals surface area contributed by atoms with Crippen LogP contribution < -0.4 is 4.72 Å². The molecule has 0 atom stereocenters. The largest absolute Gasteiger partial charge is 0.332 e. The molecule has 0 saturated carbocycles. The summed E-state index contributed by atoms with van der Waals surface area (Å²) in [4.78, 5) is 6.44. The summed E-state index contributed by atoms with van der Waals surface area (Å²) in [6, 6.07) is 4.02. The molecule has 0 aliphatic heterocycles. The fourth-order valence-corrected chi connectivity index (χ4v) is 2.63. The highest BCUT2D eigenvalue weighted by atomic mass is 35.5. The number of halogens is 2. The smallest absolute Gasteiger partial charge is 0.257 e. The number of nitrogens with zero attached hydrogens (tertiary/aromatic N) is 1. The highest BCUT2D eigenvalue weighted by Gasteiger charge is 2.16. The molecule has 0 fully saturated rings. The SMILES string of the molecule is Cc1ncc(S(=O)(=O)NCc2ccc(F)c(Cl)c2)[nH]1. The number of aromatic nitrogens is 2. The van der Waals surface area contributed by atoms with Gasteiger partial charge in [-0.2, -0.15) is 0 Å². The molecule has 1 heterocycles. The fraction of sp³-hybridized carbons (Fsp3) is 0.182. The van der Waals surface area contributed by atoms with Crippen molar-refractivity contribution in [3.63, 3.8) is 0 Å². The minimum Gasteiger partial charge on any atom is -0.332 e. The molecule has 0 aliphatic rings. The summed E-state index contributed by atoms with van der Waals surface area (Å²) in [6.45, 7) is 1.67. The Morgan fingerprint density at radius 1 is 1.47 bits per heavy atom. The van der Waals surface area contributed by atoms with Crippen molar-refractivity contribution in [3.05, 3.63) is 46.6 Å². The summed E-state index contributed by atoms with van der Waals surface area (Å²) in [5, 5.41) is -0.0627. The van der Waals surface area contributed by atoms with Gasteiger partial charge in [0, 0.05) is 6.54 Å². The van der Waals surface area contributed by atoms with Gasteiger partial charge in [0.15, 0.2) is 5.03 Å². The Labute approximate surface area is 114 Å². The Morgan fingerprint density at radius 3 is 2.79 bits per heavy atom. The van der Waals surface area contributed by atoms with Crippen LogP contribution in [-0.4, -0.2) is 18.4 Å². The highest BCUT2D eigenvalue weighted by Crippen LogP contribution is 2.16. The number of nitrogens with one attached hydrogen (secondary N) is 2. The first kappa shape index (κ1) is 14.0. The average Bonchev–Trinajstić information content (AvgIpc) is 2.78. The van der Waals surface area contributed by atoms with E-state index in [9.17, 15) is 12.8 Å². The van der Waals surface area contributed by atoms with Crippen molar-refractivity contribution < 1.29 is 12.8 Å². The molecule has 8 heteroatoms. The fourth-order valence-electron chi connectivity index (χ4n) is 1.44. The number of imidazole rings is 1. The summed E-state index contributed by atoms with van der Waals surface area (Å²) in [7, 11) is -3.67. The van der Waals surface area contributed by atoms with Crippen LogP contribution in [0, 0.1) is 12.7 Å². The van der Waals surface area contributed by atoms with E-state index in [-0.39, 0.29) is 16.6 Å². The predicted octanol–water partition coefficient (Wildman–Crippen LogP) is 1.99. The van der Waals surface area contributed by atoms with Gasteiger partial charge in [0.25, 0.3) is 10.0 Å². The zero-order chi connectivity index (χ0) is 14.0. The standard InChI is InChI=1S/C11H11ClFN3O2S/c1-7-14-6-11(16-7)19(17,18)15-5-8-2-3-10(13)9(12)4-8/h2-4,6,15H,5H2,1H3,(H,14,16). The molecule has 1 aromatic carbocycles. The van der Waals surface area contributed by atoms with Crippen molar-refractivity contribution in [2.24, 2.45) is 0 Å². The van der Waals surface area contributed by atoms with Gasteiger partial charge < -0.3 is 4.98 Å². The number of rotatable bonds is 4. The molecule has 102 valence electrons. The summed E-state index contributed by atoms with van der Waals surface area (Å²) in [5.74, 6) is -0.0392. The summed E-state index contributed by atoms with van der Waals surface area (Å²) < 4.78 is 39.1. The molecule has 0 radical (unpaired) electrons. The zero-order valence-electron chi connectivity index (χ0n) is 9.94. The van der Waals surface area contributed by atoms with Gasteiger partial charge in [0.05, 0.1) is 11.2 Å². The Hall–Kier alpha value is -1.44. The van der Waals surface area contributed by atoms with Crippen LogP contribution in [0.15, 0.2) is 29.4 Å². The second-order valence-corrected chi connectivity index (χ2v) is 6.05. The van der Waals surface area contributed by atoms with Crippen molar-refractivity contribution >= 4 is 21.6 Å². The number of sulfonamides is 1. The number of aryl methyl sites for hydroxylation is 1. The molecule has 2 N–H and O–H groups in total. The quantitative estimate of drug-likeness (QED) is 0.907. The first-order valence-corrected chi connectivity index (χ1v) is 7.20. The minimum atomic E-state index is -3.67. The van der Waals surface area contributed by atoms with Gasteiger partial charge in [-0.25, -0.2) is 22.5 Å². The molecular weight excluding hydrogens is 293 g/mol. The molecule has 0 saturated heterocycles. The lowest BCUT2D eigenvalue weighted by molar-refractivity contribution is 0.578. The number of hydrogen-bond acceptors (Lipinski definition) is 3. The van der Waals surface area contributed by atoms with Crippen LogP contribution in [0.3, 0.4) is 0 Å². The zero-order valence-corrected chi connectivity index (χ0v) is 11.5. The van der Waals surface area contributed by atoms with Gasteiger partial charge in [0.2, 0.25) is 0 Å². The summed E-state index contributed by atoms with van der Waals surface area (Å²) in [5.41, 5.74) is 0.561. The first-order chi connectivity index (χ1) is 8.88. The molecule has 19 heavy (non-hydrogen) atoms. The van der Waals surface area contributed by atoms with Gasteiger partial charge in [-0.1, -0.05) is 17.7 Å². The van der Waals surface area contributed by atoms with Crippen molar-refractivity contribution in [3.8, 4) is 0 Å². The van der Waals surface area contributed by atoms with E-state index >= 15 is 0 Å². The molecule has 2 aromatic rings. The van der Waals surface area contributed by atoms with Crippen molar-refractivity contribution in [2.45, 2.75) is 18.5 Å². The lowest BCUT2D eigenvalue weighted by Crippen LogP contribution is -2.23. The van der Waals surface area contributed by atoms with E-state index in [4.69, 9.17) is 11.6 Å². The monoisotopic (exact) mass is 303 g/mol. The van der Waals surface area contributed by atoms with E-state index in [2.05, 4.69) is 14.7 Å². The molecule has 1 aromatic heterocycles. The van der Waals surface area contributed by atoms with Crippen LogP contribution in [0.4, 0.5) is 4.39 Å². The maximum atomic E-state index is 13.0. The van der Waals surface area contributed by atoms with Crippen LogP contribution in [-0.2, 0) is 16.6 Å². The molecule has 0 unspecified atom stereocenters. The Morgan fingerprint density at radius 2 is 2.21 bits per heavy atom. The average molecular weight is 304 g/mol. The molecule has 5 nitrogen and oxygen atoms in total. The highest BCUT2D eigenvalue weighted by molar-refractivity contribution is 7.89. The van der Waals surface area contributed by atoms with Crippen LogP contribution in [0.1, 0.15) is 11.4 Å². The normalized spacial score (nSPS) is 11.7. The van der Waals surface area contributed by atoms with Crippen molar-refractivity contribution in [1.29, 1.82) is 0 Å². The topological polar surface area (TPSA) is 74.8 Å². The summed E-state index contributed by atoms with van der Waals surface area (Å²) >= 11 is 5.62. The Kier molecular flexibility index (Phi) is 3.88. The Balaban J connectivity index is 2.11. The Bertz CT molecular complexity index is 700. The summed E-state index contributed by atoms with van der Waals surface area (Å²) in [6.07, 6.45) is 1.23. The third-order valence-electron chi connectivity index (χ3n) is 2.42. The number of aromatic amines is 1. The molecular formula is C11H11ClFN3O2S. The first-order valence-electron chi connectivity index (χ1n) is 5.34. The van der Waals surface area contributed by atoms with Crippen molar-refractivity contribution in [1.82, 2.24) is 14.7 Å². The molecule has 0 spiro atoms. The van der Waals surface area contributed by atoms with E-state index in [0.29, 0.717) is 11.4 Å². The van der Waals surface area contributed by atoms with Gasteiger partial charge in [-0.05, 0) is 24.6 Å². The number of benzene rings is 1. The van der Waals surface area contributed by atoms with E-state index in [0.717, 1.165) is 0 Å². The van der Waals surface area contributed by atoms with E-state index in [1.807, 2.05) is 0 Å². The van der Waals surface area contributed by atoms with Gasteiger partial charge in [0.1, 0.15) is 11.6 Å². The van der Waals surface area contributed by atoms with Crippen LogP contribution in [0.2, 0.25) is 5.02 Å². The second-order valence-electron chi connectivity index (χ2n) is 3.91. The van der Waals surface area contributed by atoms with Gasteiger partial charge >= 0.3 is 0 Å². The van der Waals surface area contributed by atoms with Gasteiger partial charge in [-0.15, -0.1) is 0 Å². The lowest BCUT2D eigenvalue weighted by atomic mass is 10.2. The van der Waals surface area contributed by atoms with E-state index in [1.54, 1.807) is 6.92 Å². The molecule has 0 aliphatic carbocycles. The van der Waals surface area contributed by atoms with Crippen LogP contribution >= 0.6 is 11.6 Å². The molecule has 0 amide bonds. The molecule has 0 bridgehead atoms. The third kappa shape index (κ3) is 3.31. The van der Waals surface area contributed by atoms with Gasteiger partial charge in [-0.3, -0.25) is 0 Å². The maximum absolute atomic E-state index is 13.0. The number of hydrogen-bond donors (Lipinski definition) is 2. The lowest BCUT2D eigenvalue weighted by Gasteiger charge is -2.05. The maximum Gasteiger partial charge on any atom is 0.257 e. The third-order valence-corrected chi connectivity index (χ3v) is 4.02.